The van der Waals surface area contributed by atoms with Crippen LogP contribution < -0.4 is 10.2 Å². The molecule has 26 heavy (non-hydrogen) atoms. The van der Waals surface area contributed by atoms with Crippen molar-refractivity contribution >= 4 is 11.6 Å². The Labute approximate surface area is 156 Å². The molecular formula is C22H29N3O. The standard InChI is InChI=1S/C22H29N3O/c1-17-4-7-20(18(2)14-17)15-22(26)23-16-19-5-8-21(9-6-19)25-12-10-24(3)11-13-25/h4-9,14H,10-13,15-16H2,1-3H3,(H,23,26). The maximum atomic E-state index is 12.2. The highest BCUT2D eigenvalue weighted by Crippen LogP contribution is 2.17. The van der Waals surface area contributed by atoms with E-state index in [1.165, 1.54) is 16.8 Å². The molecule has 1 saturated heterocycles. The number of nitrogens with one attached hydrogen (secondary N) is 1. The minimum Gasteiger partial charge on any atom is -0.369 e. The molecular weight excluding hydrogens is 322 g/mol. The molecule has 138 valence electrons. The molecule has 1 N–H and O–H groups in total. The van der Waals surface area contributed by atoms with Gasteiger partial charge in [-0.3, -0.25) is 4.79 Å². The van der Waals surface area contributed by atoms with E-state index in [2.05, 4.69) is 78.5 Å². The van der Waals surface area contributed by atoms with Crippen LogP contribution in [0.3, 0.4) is 0 Å². The molecule has 1 aliphatic heterocycles. The van der Waals surface area contributed by atoms with Gasteiger partial charge in [0.05, 0.1) is 6.42 Å². The summed E-state index contributed by atoms with van der Waals surface area (Å²) in [4.78, 5) is 17.0. The van der Waals surface area contributed by atoms with Crippen LogP contribution in [0.1, 0.15) is 22.3 Å². The molecule has 1 amide bonds. The molecule has 0 aromatic heterocycles. The number of carbonyl (C=O) groups excluding carboxylic acids is 1. The summed E-state index contributed by atoms with van der Waals surface area (Å²) in [5.41, 5.74) is 5.91. The first-order valence-corrected chi connectivity index (χ1v) is 9.36. The summed E-state index contributed by atoms with van der Waals surface area (Å²) in [5, 5.41) is 3.03. The van der Waals surface area contributed by atoms with E-state index in [0.29, 0.717) is 13.0 Å². The average molecular weight is 351 g/mol. The average Bonchev–Trinajstić information content (AvgIpc) is 2.63. The molecule has 0 spiro atoms. The predicted molar refractivity (Wildman–Crippen MR) is 108 cm³/mol. The molecule has 4 nitrogen and oxygen atoms in total. The normalized spacial score (nSPS) is 15.1. The van der Waals surface area contributed by atoms with Gasteiger partial charge in [0.1, 0.15) is 0 Å². The van der Waals surface area contributed by atoms with Crippen molar-refractivity contribution in [3.05, 3.63) is 64.7 Å². The highest BCUT2D eigenvalue weighted by molar-refractivity contribution is 5.79. The van der Waals surface area contributed by atoms with Crippen LogP contribution in [0.15, 0.2) is 42.5 Å². The first-order valence-electron chi connectivity index (χ1n) is 9.36. The Morgan fingerprint density at radius 3 is 2.35 bits per heavy atom. The van der Waals surface area contributed by atoms with Crippen LogP contribution in [0.25, 0.3) is 0 Å². The Kier molecular flexibility index (Phi) is 5.94. The number of carbonyl (C=O) groups is 1. The third-order valence-electron chi connectivity index (χ3n) is 5.14. The first kappa shape index (κ1) is 18.5. The van der Waals surface area contributed by atoms with Gasteiger partial charge in [0, 0.05) is 38.4 Å². The number of hydrogen-bond donors (Lipinski definition) is 1. The van der Waals surface area contributed by atoms with Crippen LogP contribution in [0.4, 0.5) is 5.69 Å². The topological polar surface area (TPSA) is 35.6 Å². The summed E-state index contributed by atoms with van der Waals surface area (Å²) in [7, 11) is 2.17. The van der Waals surface area contributed by atoms with Crippen LogP contribution >= 0.6 is 0 Å². The van der Waals surface area contributed by atoms with Gasteiger partial charge in [-0.25, -0.2) is 0 Å². The van der Waals surface area contributed by atoms with Crippen LogP contribution in [0.2, 0.25) is 0 Å². The van der Waals surface area contributed by atoms with Gasteiger partial charge < -0.3 is 15.1 Å². The summed E-state index contributed by atoms with van der Waals surface area (Å²) in [6.45, 7) is 9.07. The van der Waals surface area contributed by atoms with Crippen molar-refractivity contribution in [1.82, 2.24) is 10.2 Å². The summed E-state index contributed by atoms with van der Waals surface area (Å²) < 4.78 is 0. The van der Waals surface area contributed by atoms with Crippen molar-refractivity contribution in [3.63, 3.8) is 0 Å². The van der Waals surface area contributed by atoms with Crippen molar-refractivity contribution in [1.29, 1.82) is 0 Å². The number of likely N-dealkylation sites (N-methyl/N-ethyl adjacent to an activating group) is 1. The van der Waals surface area contributed by atoms with Crippen molar-refractivity contribution in [2.45, 2.75) is 26.8 Å². The molecule has 2 aromatic rings. The summed E-state index contributed by atoms with van der Waals surface area (Å²) in [6.07, 6.45) is 0.436. The monoisotopic (exact) mass is 351 g/mol. The minimum atomic E-state index is 0.0695. The van der Waals surface area contributed by atoms with E-state index in [0.717, 1.165) is 37.3 Å². The molecule has 4 heteroatoms. The molecule has 3 rings (SSSR count). The van der Waals surface area contributed by atoms with Gasteiger partial charge in [0.15, 0.2) is 0 Å². The van der Waals surface area contributed by atoms with Gasteiger partial charge >= 0.3 is 0 Å². The van der Waals surface area contributed by atoms with Crippen LogP contribution in [-0.2, 0) is 17.8 Å². The number of anilines is 1. The Bertz CT molecular complexity index is 746. The van der Waals surface area contributed by atoms with Gasteiger partial charge in [-0.1, -0.05) is 35.9 Å². The lowest BCUT2D eigenvalue weighted by atomic mass is 10.0. The fourth-order valence-electron chi connectivity index (χ4n) is 3.37. The van der Waals surface area contributed by atoms with Gasteiger partial charge in [0.25, 0.3) is 0 Å². The molecule has 0 unspecified atom stereocenters. The lowest BCUT2D eigenvalue weighted by Gasteiger charge is -2.34. The minimum absolute atomic E-state index is 0.0695. The second kappa shape index (κ2) is 8.37. The Balaban J connectivity index is 1.50. The molecule has 1 heterocycles. The predicted octanol–water partition coefficient (Wildman–Crippen LogP) is 2.91. The zero-order valence-electron chi connectivity index (χ0n) is 16.1. The van der Waals surface area contributed by atoms with E-state index >= 15 is 0 Å². The van der Waals surface area contributed by atoms with Crippen LogP contribution in [0, 0.1) is 13.8 Å². The molecule has 0 atom stereocenters. The molecule has 0 bridgehead atoms. The van der Waals surface area contributed by atoms with E-state index in [9.17, 15) is 4.79 Å². The number of rotatable bonds is 5. The number of piperazine rings is 1. The second-order valence-corrected chi connectivity index (χ2v) is 7.34. The Morgan fingerprint density at radius 2 is 1.69 bits per heavy atom. The second-order valence-electron chi connectivity index (χ2n) is 7.34. The number of nitrogens with zero attached hydrogens (tertiary/aromatic N) is 2. The highest BCUT2D eigenvalue weighted by atomic mass is 16.1. The Hall–Kier alpha value is -2.33. The quantitative estimate of drug-likeness (QED) is 0.900. The van der Waals surface area contributed by atoms with Gasteiger partial charge in [-0.2, -0.15) is 0 Å². The van der Waals surface area contributed by atoms with Crippen molar-refractivity contribution < 1.29 is 4.79 Å². The smallest absolute Gasteiger partial charge is 0.224 e. The lowest BCUT2D eigenvalue weighted by Crippen LogP contribution is -2.44. The zero-order chi connectivity index (χ0) is 18.5. The molecule has 0 aliphatic carbocycles. The third kappa shape index (κ3) is 4.85. The van der Waals surface area contributed by atoms with E-state index in [1.54, 1.807) is 0 Å². The third-order valence-corrected chi connectivity index (χ3v) is 5.14. The summed E-state index contributed by atoms with van der Waals surface area (Å²) >= 11 is 0. The SMILES string of the molecule is Cc1ccc(CC(=O)NCc2ccc(N3CCN(C)CC3)cc2)c(C)c1. The number of hydrogen-bond acceptors (Lipinski definition) is 3. The maximum Gasteiger partial charge on any atom is 0.224 e. The Morgan fingerprint density at radius 1 is 1.00 bits per heavy atom. The highest BCUT2D eigenvalue weighted by Gasteiger charge is 2.14. The fraction of sp³-hybridized carbons (Fsp3) is 0.409. The van der Waals surface area contributed by atoms with E-state index in [4.69, 9.17) is 0 Å². The summed E-state index contributed by atoms with van der Waals surface area (Å²) in [5.74, 6) is 0.0695. The van der Waals surface area contributed by atoms with Crippen LogP contribution in [-0.4, -0.2) is 44.0 Å². The van der Waals surface area contributed by atoms with Crippen molar-refractivity contribution in [2.75, 3.05) is 38.1 Å². The van der Waals surface area contributed by atoms with E-state index in [1.807, 2.05) is 0 Å². The van der Waals surface area contributed by atoms with Gasteiger partial charge in [-0.05, 0) is 49.7 Å². The largest absolute Gasteiger partial charge is 0.369 e. The number of aryl methyl sites for hydroxylation is 2. The van der Waals surface area contributed by atoms with Gasteiger partial charge in [0.2, 0.25) is 5.91 Å². The number of amides is 1. The molecule has 2 aromatic carbocycles. The number of benzene rings is 2. The molecule has 0 radical (unpaired) electrons. The molecule has 1 fully saturated rings. The zero-order valence-corrected chi connectivity index (χ0v) is 16.1. The lowest BCUT2D eigenvalue weighted by molar-refractivity contribution is -0.120. The van der Waals surface area contributed by atoms with Crippen LogP contribution in [0.5, 0.6) is 0 Å². The van der Waals surface area contributed by atoms with E-state index < -0.39 is 0 Å². The van der Waals surface area contributed by atoms with Crippen molar-refractivity contribution in [3.8, 4) is 0 Å². The molecule has 0 saturated carbocycles. The fourth-order valence-corrected chi connectivity index (χ4v) is 3.37. The first-order chi connectivity index (χ1) is 12.5. The maximum absolute atomic E-state index is 12.2. The van der Waals surface area contributed by atoms with Gasteiger partial charge in [-0.15, -0.1) is 0 Å². The van der Waals surface area contributed by atoms with Crippen molar-refractivity contribution in [2.24, 2.45) is 0 Å². The summed E-state index contributed by atoms with van der Waals surface area (Å²) in [6, 6.07) is 14.8. The molecule has 1 aliphatic rings. The van der Waals surface area contributed by atoms with E-state index in [-0.39, 0.29) is 5.91 Å².